The predicted molar refractivity (Wildman–Crippen MR) is 111 cm³/mol. The number of nitrogens with one attached hydrogen (secondary N) is 2. The van der Waals surface area contributed by atoms with Crippen LogP contribution in [0.5, 0.6) is 0 Å². The van der Waals surface area contributed by atoms with Crippen molar-refractivity contribution in [3.63, 3.8) is 0 Å². The maximum atomic E-state index is 12.7. The molecule has 0 fully saturated rings. The van der Waals surface area contributed by atoms with E-state index in [1.54, 1.807) is 67.8 Å². The SMILES string of the molecule is CCC(=O)Nc1ccc(-c2nnc3c(C(=O)N[C@H](C(=O)O)C(C)C)cccn23)cc1. The first-order valence-electron chi connectivity index (χ1n) is 9.59. The average molecular weight is 409 g/mol. The summed E-state index contributed by atoms with van der Waals surface area (Å²) in [6.45, 7) is 5.22. The number of anilines is 1. The molecule has 0 spiro atoms. The number of carbonyl (C=O) groups excluding carboxylic acids is 2. The number of nitrogens with zero attached hydrogens (tertiary/aromatic N) is 3. The van der Waals surface area contributed by atoms with E-state index >= 15 is 0 Å². The lowest BCUT2D eigenvalue weighted by Crippen LogP contribution is -2.44. The maximum Gasteiger partial charge on any atom is 0.326 e. The fourth-order valence-electron chi connectivity index (χ4n) is 2.97. The van der Waals surface area contributed by atoms with E-state index in [0.29, 0.717) is 23.6 Å². The van der Waals surface area contributed by atoms with Crippen LogP contribution in [-0.4, -0.2) is 43.5 Å². The van der Waals surface area contributed by atoms with Gasteiger partial charge in [-0.05, 0) is 42.3 Å². The van der Waals surface area contributed by atoms with Gasteiger partial charge in [0.1, 0.15) is 6.04 Å². The summed E-state index contributed by atoms with van der Waals surface area (Å²) in [5, 5.41) is 23.0. The number of hydrogen-bond donors (Lipinski definition) is 3. The number of aromatic nitrogens is 3. The minimum atomic E-state index is -1.09. The fourth-order valence-corrected chi connectivity index (χ4v) is 2.97. The van der Waals surface area contributed by atoms with Gasteiger partial charge < -0.3 is 15.7 Å². The monoisotopic (exact) mass is 409 g/mol. The molecule has 0 radical (unpaired) electrons. The van der Waals surface area contributed by atoms with Crippen molar-refractivity contribution in [1.29, 1.82) is 0 Å². The highest BCUT2D eigenvalue weighted by Crippen LogP contribution is 2.22. The van der Waals surface area contributed by atoms with Gasteiger partial charge in [-0.25, -0.2) is 4.79 Å². The van der Waals surface area contributed by atoms with Crippen molar-refractivity contribution in [2.75, 3.05) is 5.32 Å². The lowest BCUT2D eigenvalue weighted by Gasteiger charge is -2.17. The first kappa shape index (κ1) is 21.0. The van der Waals surface area contributed by atoms with Crippen LogP contribution in [-0.2, 0) is 9.59 Å². The average Bonchev–Trinajstić information content (AvgIpc) is 3.16. The van der Waals surface area contributed by atoms with E-state index < -0.39 is 17.9 Å². The van der Waals surface area contributed by atoms with Crippen molar-refractivity contribution >= 4 is 29.1 Å². The van der Waals surface area contributed by atoms with Crippen molar-refractivity contribution in [2.45, 2.75) is 33.2 Å². The number of fused-ring (bicyclic) bond motifs is 1. The van der Waals surface area contributed by atoms with Crippen molar-refractivity contribution < 1.29 is 19.5 Å². The molecule has 9 nitrogen and oxygen atoms in total. The van der Waals surface area contributed by atoms with Gasteiger partial charge in [0.2, 0.25) is 5.91 Å². The van der Waals surface area contributed by atoms with Crippen LogP contribution in [0.2, 0.25) is 0 Å². The summed E-state index contributed by atoms with van der Waals surface area (Å²) in [6, 6.07) is 9.37. The van der Waals surface area contributed by atoms with Crippen LogP contribution in [0.1, 0.15) is 37.6 Å². The lowest BCUT2D eigenvalue weighted by atomic mass is 10.0. The summed E-state index contributed by atoms with van der Waals surface area (Å²) in [6.07, 6.45) is 2.12. The second-order valence-corrected chi connectivity index (χ2v) is 7.15. The Balaban J connectivity index is 1.91. The molecule has 3 aromatic rings. The highest BCUT2D eigenvalue weighted by Gasteiger charge is 2.25. The molecule has 0 unspecified atom stereocenters. The van der Waals surface area contributed by atoms with Crippen molar-refractivity contribution in [3.8, 4) is 11.4 Å². The first-order valence-corrected chi connectivity index (χ1v) is 9.59. The number of pyridine rings is 1. The van der Waals surface area contributed by atoms with Crippen LogP contribution < -0.4 is 10.6 Å². The molecule has 156 valence electrons. The molecule has 0 saturated carbocycles. The number of hydrogen-bond acceptors (Lipinski definition) is 5. The molecule has 0 aliphatic carbocycles. The quantitative estimate of drug-likeness (QED) is 0.551. The molecule has 0 aliphatic rings. The summed E-state index contributed by atoms with van der Waals surface area (Å²) in [7, 11) is 0. The molecule has 2 aromatic heterocycles. The van der Waals surface area contributed by atoms with Gasteiger partial charge in [-0.3, -0.25) is 14.0 Å². The zero-order valence-corrected chi connectivity index (χ0v) is 16.9. The Labute approximate surface area is 173 Å². The number of benzene rings is 1. The topological polar surface area (TPSA) is 126 Å². The predicted octanol–water partition coefficient (Wildman–Crippen LogP) is 2.58. The van der Waals surface area contributed by atoms with E-state index in [9.17, 15) is 19.5 Å². The molecule has 2 amide bonds. The third kappa shape index (κ3) is 4.29. The van der Waals surface area contributed by atoms with Crippen LogP contribution in [0.4, 0.5) is 5.69 Å². The highest BCUT2D eigenvalue weighted by molar-refractivity contribution is 6.01. The van der Waals surface area contributed by atoms with Crippen LogP contribution in [0.3, 0.4) is 0 Å². The minimum absolute atomic E-state index is 0.0765. The smallest absolute Gasteiger partial charge is 0.326 e. The normalized spacial score (nSPS) is 12.0. The van der Waals surface area contributed by atoms with Gasteiger partial charge in [0, 0.05) is 23.9 Å². The van der Waals surface area contributed by atoms with Gasteiger partial charge in [-0.15, -0.1) is 10.2 Å². The highest BCUT2D eigenvalue weighted by atomic mass is 16.4. The van der Waals surface area contributed by atoms with E-state index in [1.807, 2.05) is 0 Å². The Morgan fingerprint density at radius 2 is 1.80 bits per heavy atom. The molecule has 1 atom stereocenters. The van der Waals surface area contributed by atoms with Crippen molar-refractivity contribution in [1.82, 2.24) is 19.9 Å². The zero-order chi connectivity index (χ0) is 21.8. The Kier molecular flexibility index (Phi) is 6.10. The standard InChI is InChI=1S/C21H23N5O4/c1-4-16(27)22-14-9-7-13(8-10-14)18-24-25-19-15(6-5-11-26(18)19)20(28)23-17(12(2)3)21(29)30/h5-12,17H,4H2,1-3H3,(H,22,27)(H,23,28)(H,29,30)/t17-/m0/s1. The second-order valence-electron chi connectivity index (χ2n) is 7.15. The second kappa shape index (κ2) is 8.73. The van der Waals surface area contributed by atoms with Crippen LogP contribution in [0, 0.1) is 5.92 Å². The minimum Gasteiger partial charge on any atom is -0.480 e. The van der Waals surface area contributed by atoms with Crippen LogP contribution >= 0.6 is 0 Å². The van der Waals surface area contributed by atoms with Gasteiger partial charge in [0.05, 0.1) is 5.56 Å². The maximum absolute atomic E-state index is 12.7. The van der Waals surface area contributed by atoms with Gasteiger partial charge in [-0.1, -0.05) is 20.8 Å². The Morgan fingerprint density at radius 3 is 2.40 bits per heavy atom. The largest absolute Gasteiger partial charge is 0.480 e. The molecule has 0 aliphatic heterocycles. The van der Waals surface area contributed by atoms with E-state index in [1.165, 1.54) is 0 Å². The fraction of sp³-hybridized carbons (Fsp3) is 0.286. The molecule has 30 heavy (non-hydrogen) atoms. The molecule has 2 heterocycles. The first-order chi connectivity index (χ1) is 14.3. The van der Waals surface area contributed by atoms with E-state index in [4.69, 9.17) is 0 Å². The van der Waals surface area contributed by atoms with E-state index in [-0.39, 0.29) is 17.4 Å². The number of aliphatic carboxylic acids is 1. The molecule has 0 saturated heterocycles. The molecule has 3 N–H and O–H groups in total. The van der Waals surface area contributed by atoms with E-state index in [0.717, 1.165) is 5.56 Å². The summed E-state index contributed by atoms with van der Waals surface area (Å²) < 4.78 is 1.67. The summed E-state index contributed by atoms with van der Waals surface area (Å²) in [5.74, 6) is -1.45. The number of amides is 2. The lowest BCUT2D eigenvalue weighted by molar-refractivity contribution is -0.140. The molecule has 0 bridgehead atoms. The number of carboxylic acid groups (broad SMARTS) is 1. The van der Waals surface area contributed by atoms with Crippen molar-refractivity contribution in [2.24, 2.45) is 5.92 Å². The molecule has 1 aromatic carbocycles. The van der Waals surface area contributed by atoms with Crippen LogP contribution in [0.15, 0.2) is 42.6 Å². The summed E-state index contributed by atoms with van der Waals surface area (Å²) in [5.41, 5.74) is 1.98. The summed E-state index contributed by atoms with van der Waals surface area (Å²) in [4.78, 5) is 35.6. The zero-order valence-electron chi connectivity index (χ0n) is 16.9. The van der Waals surface area contributed by atoms with E-state index in [2.05, 4.69) is 20.8 Å². The Bertz CT molecular complexity index is 1090. The third-order valence-electron chi connectivity index (χ3n) is 4.65. The molecule has 3 rings (SSSR count). The third-order valence-corrected chi connectivity index (χ3v) is 4.65. The van der Waals surface area contributed by atoms with Gasteiger partial charge in [-0.2, -0.15) is 0 Å². The Morgan fingerprint density at radius 1 is 1.10 bits per heavy atom. The van der Waals surface area contributed by atoms with Gasteiger partial charge in [0.25, 0.3) is 5.91 Å². The van der Waals surface area contributed by atoms with Gasteiger partial charge in [0.15, 0.2) is 11.5 Å². The molecular weight excluding hydrogens is 386 g/mol. The molecule has 9 heteroatoms. The summed E-state index contributed by atoms with van der Waals surface area (Å²) >= 11 is 0. The van der Waals surface area contributed by atoms with Gasteiger partial charge >= 0.3 is 5.97 Å². The van der Waals surface area contributed by atoms with Crippen LogP contribution in [0.25, 0.3) is 17.0 Å². The number of carboxylic acids is 1. The number of carbonyl (C=O) groups is 3. The molecular formula is C21H23N5O4. The Hall–Kier alpha value is -3.75. The van der Waals surface area contributed by atoms with Crippen molar-refractivity contribution in [3.05, 3.63) is 48.2 Å². The number of rotatable bonds is 7.